The highest BCUT2D eigenvalue weighted by Crippen LogP contribution is 2.23. The maximum absolute atomic E-state index is 12.5. The maximum Gasteiger partial charge on any atom is 0.248 e. The minimum absolute atomic E-state index is 0.00373. The Morgan fingerprint density at radius 3 is 2.52 bits per heavy atom. The van der Waals surface area contributed by atoms with Crippen LogP contribution in [-0.2, 0) is 11.2 Å². The van der Waals surface area contributed by atoms with Crippen LogP contribution in [0.25, 0.3) is 11.4 Å². The summed E-state index contributed by atoms with van der Waals surface area (Å²) in [6.45, 7) is 2.98. The zero-order valence-electron chi connectivity index (χ0n) is 15.9. The molecule has 0 radical (unpaired) electrons. The van der Waals surface area contributed by atoms with E-state index in [2.05, 4.69) is 30.4 Å². The molecule has 0 bridgehead atoms. The lowest BCUT2D eigenvalue weighted by Crippen LogP contribution is -2.40. The summed E-state index contributed by atoms with van der Waals surface area (Å²) in [6, 6.07) is 6.82. The van der Waals surface area contributed by atoms with Crippen LogP contribution in [0.2, 0.25) is 0 Å². The number of likely N-dealkylation sites (tertiary alicyclic amines) is 1. The summed E-state index contributed by atoms with van der Waals surface area (Å²) in [6.07, 6.45) is 1.66. The lowest BCUT2D eigenvalue weighted by molar-refractivity contribution is -0.131. The van der Waals surface area contributed by atoms with Crippen molar-refractivity contribution in [2.24, 2.45) is 5.73 Å². The van der Waals surface area contributed by atoms with E-state index in [0.29, 0.717) is 35.9 Å². The topological polar surface area (TPSA) is 146 Å². The Kier molecular flexibility index (Phi) is 5.02. The fraction of sp³-hybridized carbons (Fsp3) is 0.389. The summed E-state index contributed by atoms with van der Waals surface area (Å²) < 4.78 is 4.64. The molecule has 150 valence electrons. The molecule has 2 aromatic heterocycles. The van der Waals surface area contributed by atoms with Crippen molar-refractivity contribution in [3.8, 4) is 11.4 Å². The number of hydrogen-bond acceptors (Lipinski definition) is 8. The van der Waals surface area contributed by atoms with Crippen molar-refractivity contribution in [2.45, 2.75) is 32.2 Å². The van der Waals surface area contributed by atoms with Crippen LogP contribution < -0.4 is 5.73 Å². The zero-order chi connectivity index (χ0) is 20.4. The van der Waals surface area contributed by atoms with E-state index in [9.17, 15) is 9.59 Å². The molecule has 1 saturated heterocycles. The molecule has 1 fully saturated rings. The highest BCUT2D eigenvalue weighted by molar-refractivity contribution is 5.93. The molecule has 1 aliphatic heterocycles. The van der Waals surface area contributed by atoms with E-state index in [4.69, 9.17) is 5.73 Å². The maximum atomic E-state index is 12.5. The average Bonchev–Trinajstić information content (AvgIpc) is 3.38. The highest BCUT2D eigenvalue weighted by Gasteiger charge is 2.26. The third kappa shape index (κ3) is 3.98. The number of rotatable bonds is 5. The van der Waals surface area contributed by atoms with E-state index in [-0.39, 0.29) is 18.4 Å². The van der Waals surface area contributed by atoms with Gasteiger partial charge in [-0.15, -0.1) is 10.2 Å². The number of nitrogens with two attached hydrogens (primary N) is 1. The van der Waals surface area contributed by atoms with Gasteiger partial charge in [0.1, 0.15) is 11.4 Å². The Bertz CT molecular complexity index is 1020. The van der Waals surface area contributed by atoms with Gasteiger partial charge in [-0.3, -0.25) is 9.59 Å². The van der Waals surface area contributed by atoms with Crippen molar-refractivity contribution in [3.63, 3.8) is 0 Å². The van der Waals surface area contributed by atoms with Gasteiger partial charge >= 0.3 is 0 Å². The summed E-state index contributed by atoms with van der Waals surface area (Å²) in [7, 11) is 0. The number of aryl methyl sites for hydroxylation is 1. The number of carbonyl (C=O) groups excluding carboxylic acids is 2. The van der Waals surface area contributed by atoms with Crippen molar-refractivity contribution < 1.29 is 14.2 Å². The summed E-state index contributed by atoms with van der Waals surface area (Å²) in [5, 5.41) is 20.2. The van der Waals surface area contributed by atoms with Gasteiger partial charge in [-0.25, -0.2) is 4.63 Å². The summed E-state index contributed by atoms with van der Waals surface area (Å²) in [4.78, 5) is 27.0. The van der Waals surface area contributed by atoms with Crippen LogP contribution in [0.1, 0.15) is 40.6 Å². The summed E-state index contributed by atoms with van der Waals surface area (Å²) >= 11 is 0. The Balaban J connectivity index is 1.36. The number of hydrogen-bond donors (Lipinski definition) is 1. The molecule has 11 nitrogen and oxygen atoms in total. The molecule has 3 aromatic rings. The standard InChI is InChI=1S/C18H20N8O3/c1-11-15(23-29-22-11)10-16(27)25-8-6-14(7-9-25)26-21-18(20-24-26)13-4-2-12(3-5-13)17(19)28/h2-5,14H,6-10H2,1H3,(H2,19,28). The molecule has 0 unspecified atom stereocenters. The van der Waals surface area contributed by atoms with E-state index in [1.807, 2.05) is 4.90 Å². The van der Waals surface area contributed by atoms with E-state index in [0.717, 1.165) is 18.4 Å². The van der Waals surface area contributed by atoms with Crippen molar-refractivity contribution in [1.82, 2.24) is 35.4 Å². The number of tetrazole rings is 1. The Labute approximate surface area is 165 Å². The molecule has 0 atom stereocenters. The number of carbonyl (C=O) groups is 2. The van der Waals surface area contributed by atoms with E-state index in [1.54, 1.807) is 36.0 Å². The first-order valence-corrected chi connectivity index (χ1v) is 9.27. The second-order valence-electron chi connectivity index (χ2n) is 6.96. The quantitative estimate of drug-likeness (QED) is 0.657. The largest absolute Gasteiger partial charge is 0.366 e. The number of benzene rings is 1. The van der Waals surface area contributed by atoms with Crippen molar-refractivity contribution >= 4 is 11.8 Å². The van der Waals surface area contributed by atoms with Crippen LogP contribution in [0.5, 0.6) is 0 Å². The molecule has 1 aromatic carbocycles. The minimum Gasteiger partial charge on any atom is -0.366 e. The predicted molar refractivity (Wildman–Crippen MR) is 99.4 cm³/mol. The van der Waals surface area contributed by atoms with Gasteiger partial charge in [-0.05, 0) is 37.1 Å². The minimum atomic E-state index is -0.482. The van der Waals surface area contributed by atoms with Crippen LogP contribution in [0.4, 0.5) is 0 Å². The summed E-state index contributed by atoms with van der Waals surface area (Å²) in [5.41, 5.74) is 7.64. The fourth-order valence-electron chi connectivity index (χ4n) is 3.29. The van der Waals surface area contributed by atoms with Crippen LogP contribution in [0.3, 0.4) is 0 Å². The molecule has 2 amide bonds. The summed E-state index contributed by atoms with van der Waals surface area (Å²) in [5.74, 6) is 0.00186. The molecule has 0 saturated carbocycles. The van der Waals surface area contributed by atoms with E-state index < -0.39 is 5.91 Å². The molecule has 0 spiro atoms. The van der Waals surface area contributed by atoms with Crippen LogP contribution in [0, 0.1) is 6.92 Å². The smallest absolute Gasteiger partial charge is 0.248 e. The molecule has 3 heterocycles. The second kappa shape index (κ2) is 7.78. The molecule has 0 aliphatic carbocycles. The van der Waals surface area contributed by atoms with Gasteiger partial charge in [0.15, 0.2) is 0 Å². The van der Waals surface area contributed by atoms with E-state index in [1.165, 1.54) is 0 Å². The Morgan fingerprint density at radius 2 is 1.90 bits per heavy atom. The second-order valence-corrected chi connectivity index (χ2v) is 6.96. The van der Waals surface area contributed by atoms with Crippen LogP contribution in [-0.4, -0.2) is 60.3 Å². The fourth-order valence-corrected chi connectivity index (χ4v) is 3.29. The Hall–Kier alpha value is -3.63. The van der Waals surface area contributed by atoms with Gasteiger partial charge < -0.3 is 10.6 Å². The van der Waals surface area contributed by atoms with Crippen molar-refractivity contribution in [2.75, 3.05) is 13.1 Å². The first-order valence-electron chi connectivity index (χ1n) is 9.27. The molecular formula is C18H20N8O3. The van der Waals surface area contributed by atoms with Crippen LogP contribution >= 0.6 is 0 Å². The van der Waals surface area contributed by atoms with Gasteiger partial charge in [0, 0.05) is 24.2 Å². The van der Waals surface area contributed by atoms with Gasteiger partial charge in [-0.1, -0.05) is 22.4 Å². The molecule has 2 N–H and O–H groups in total. The van der Waals surface area contributed by atoms with Gasteiger partial charge in [0.2, 0.25) is 17.6 Å². The number of primary amides is 1. The van der Waals surface area contributed by atoms with Crippen molar-refractivity contribution in [3.05, 3.63) is 41.2 Å². The molecule has 29 heavy (non-hydrogen) atoms. The zero-order valence-corrected chi connectivity index (χ0v) is 15.9. The number of amides is 2. The van der Waals surface area contributed by atoms with Gasteiger partial charge in [-0.2, -0.15) is 4.80 Å². The van der Waals surface area contributed by atoms with E-state index >= 15 is 0 Å². The van der Waals surface area contributed by atoms with Crippen molar-refractivity contribution in [1.29, 1.82) is 0 Å². The molecule has 1 aliphatic rings. The third-order valence-corrected chi connectivity index (χ3v) is 5.06. The Morgan fingerprint density at radius 1 is 1.17 bits per heavy atom. The monoisotopic (exact) mass is 396 g/mol. The number of aromatic nitrogens is 6. The molecule has 11 heteroatoms. The molecule has 4 rings (SSSR count). The first-order chi connectivity index (χ1) is 14.0. The number of piperidine rings is 1. The SMILES string of the molecule is Cc1nonc1CC(=O)N1CCC(n2nnc(-c3ccc(C(N)=O)cc3)n2)CC1. The third-order valence-electron chi connectivity index (χ3n) is 5.06. The lowest BCUT2D eigenvalue weighted by atomic mass is 10.0. The van der Waals surface area contributed by atoms with Crippen LogP contribution in [0.15, 0.2) is 28.9 Å². The lowest BCUT2D eigenvalue weighted by Gasteiger charge is -2.31. The normalized spacial score (nSPS) is 14.9. The van der Waals surface area contributed by atoms with Gasteiger partial charge in [0.25, 0.3) is 0 Å². The number of nitrogens with zero attached hydrogens (tertiary/aromatic N) is 7. The first kappa shape index (κ1) is 18.7. The van der Waals surface area contributed by atoms with Gasteiger partial charge in [0.05, 0.1) is 12.5 Å². The average molecular weight is 396 g/mol. The predicted octanol–water partition coefficient (Wildman–Crippen LogP) is 0.537. The molecular weight excluding hydrogens is 376 g/mol. The highest BCUT2D eigenvalue weighted by atomic mass is 16.6.